The molecule has 54 heavy (non-hydrogen) atoms. The van der Waals surface area contributed by atoms with Crippen LogP contribution < -0.4 is 25.3 Å². The maximum atomic E-state index is 11.8. The Bertz CT molecular complexity index is 1990. The lowest BCUT2D eigenvalue weighted by Gasteiger charge is -2.19. The first-order valence-corrected chi connectivity index (χ1v) is 17.4. The lowest BCUT2D eigenvalue weighted by molar-refractivity contribution is -0.255. The lowest BCUT2D eigenvalue weighted by atomic mass is 9.90. The summed E-state index contributed by atoms with van der Waals surface area (Å²) in [5, 5.41) is 16.8. The molecule has 1 N–H and O–H groups in total. The molecule has 288 valence electrons. The zero-order chi connectivity index (χ0) is 39.2. The number of rotatable bonds is 16. The number of nitrogens with zero attached hydrogens (tertiary/aromatic N) is 3. The smallest absolute Gasteiger partial charge is 0.335 e. The van der Waals surface area contributed by atoms with Gasteiger partial charge in [-0.1, -0.05) is 24.3 Å². The summed E-state index contributed by atoms with van der Waals surface area (Å²) in [4.78, 5) is 63.1. The number of imide groups is 1. The molecule has 0 bridgehead atoms. The van der Waals surface area contributed by atoms with E-state index in [-0.39, 0.29) is 37.3 Å². The molecule has 0 unspecified atom stereocenters. The molecule has 0 aromatic heterocycles. The van der Waals surface area contributed by atoms with Crippen molar-refractivity contribution in [2.75, 3.05) is 79.3 Å². The second-order valence-corrected chi connectivity index (χ2v) is 12.6. The largest absolute Gasteiger partial charge is 0.545 e. The van der Waals surface area contributed by atoms with E-state index >= 15 is 0 Å². The Labute approximate surface area is 312 Å². The van der Waals surface area contributed by atoms with Crippen LogP contribution in [0.15, 0.2) is 65.1 Å². The Kier molecular flexibility index (Phi) is 15.2. The molecule has 3 aliphatic rings. The predicted octanol–water partition coefficient (Wildman–Crippen LogP) is 1.84. The molecule has 0 atom stereocenters. The molecule has 0 spiro atoms. The van der Waals surface area contributed by atoms with Crippen LogP contribution in [0.3, 0.4) is 0 Å². The van der Waals surface area contributed by atoms with Crippen LogP contribution in [0.25, 0.3) is 33.4 Å². The summed E-state index contributed by atoms with van der Waals surface area (Å²) >= 11 is 0. The van der Waals surface area contributed by atoms with Crippen LogP contribution >= 0.6 is 0 Å². The number of nitrogens with one attached hydrogen (secondary N) is 1. The number of hydrogen-bond donors (Lipinski definition) is 1. The first-order valence-electron chi connectivity index (χ1n) is 17.4. The zero-order valence-corrected chi connectivity index (χ0v) is 31.2. The van der Waals surface area contributed by atoms with Crippen molar-refractivity contribution in [2.45, 2.75) is 26.2 Å². The van der Waals surface area contributed by atoms with Crippen molar-refractivity contribution in [1.29, 1.82) is 0 Å². The van der Waals surface area contributed by atoms with Gasteiger partial charge in [0.25, 0.3) is 11.8 Å². The number of ether oxygens (including phenoxy) is 3. The molecule has 1 saturated heterocycles. The van der Waals surface area contributed by atoms with Crippen LogP contribution in [-0.2, 0) is 38.2 Å². The van der Waals surface area contributed by atoms with E-state index in [4.69, 9.17) is 18.6 Å². The summed E-state index contributed by atoms with van der Waals surface area (Å²) in [6.45, 7) is 3.86. The summed E-state index contributed by atoms with van der Waals surface area (Å²) in [6.07, 6.45) is 0.0666. The summed E-state index contributed by atoms with van der Waals surface area (Å²) in [5.41, 5.74) is 4.17. The molecule has 0 radical (unpaired) electrons. The van der Waals surface area contributed by atoms with E-state index in [0.717, 1.165) is 27.6 Å². The summed E-state index contributed by atoms with van der Waals surface area (Å²) < 4.78 is 23.9. The standard InChI is InChI=1S/C24H22N2O3.C15H24N2O8/c1-25(2)15-9-11-19-21(13-15)29-22-14-16(26(3)4)10-12-20(22)23(19)17-7-5-6-8-18(17)24(27)28;1-12(18)16-5-7-23-9-11-24-10-8-22-6-4-15(21)25-17-13(19)2-3-14(17)20/h5-14H,1-4H3;2-11H2,1H3,(H,16,18). The van der Waals surface area contributed by atoms with Crippen LogP contribution in [-0.4, -0.2) is 109 Å². The monoisotopic (exact) mass is 746 g/mol. The van der Waals surface area contributed by atoms with Crippen LogP contribution in [0, 0.1) is 0 Å². The molecular weight excluding hydrogens is 700 g/mol. The van der Waals surface area contributed by atoms with Gasteiger partial charge in [0.05, 0.1) is 58.1 Å². The third kappa shape index (κ3) is 11.4. The number of hydrogen-bond acceptors (Lipinski definition) is 12. The summed E-state index contributed by atoms with van der Waals surface area (Å²) in [5.74, 6) is -2.31. The molecule has 15 heteroatoms. The highest BCUT2D eigenvalue weighted by atomic mass is 16.7. The van der Waals surface area contributed by atoms with Gasteiger partial charge in [0.15, 0.2) is 0 Å². The number of hydroxylamine groups is 2. The van der Waals surface area contributed by atoms with E-state index < -0.39 is 23.8 Å². The van der Waals surface area contributed by atoms with E-state index in [1.165, 1.54) is 6.92 Å². The fourth-order valence-electron chi connectivity index (χ4n) is 5.40. The van der Waals surface area contributed by atoms with Gasteiger partial charge in [0.2, 0.25) is 11.3 Å². The molecule has 3 amide bonds. The van der Waals surface area contributed by atoms with Gasteiger partial charge in [-0.15, -0.1) is 5.06 Å². The maximum absolute atomic E-state index is 11.8. The third-order valence-corrected chi connectivity index (χ3v) is 8.15. The van der Waals surface area contributed by atoms with Crippen molar-refractivity contribution >= 4 is 46.3 Å². The number of anilines is 1. The number of carbonyl (C=O) groups excluding carboxylic acids is 5. The highest BCUT2D eigenvalue weighted by Gasteiger charge is 2.32. The summed E-state index contributed by atoms with van der Waals surface area (Å²) in [6, 6.07) is 18.9. The second-order valence-electron chi connectivity index (χ2n) is 12.6. The number of carboxylic acids is 1. The van der Waals surface area contributed by atoms with E-state index in [2.05, 4.69) is 10.2 Å². The van der Waals surface area contributed by atoms with Gasteiger partial charge < -0.3 is 43.6 Å². The molecule has 5 rings (SSSR count). The number of benzene rings is 3. The fourth-order valence-corrected chi connectivity index (χ4v) is 5.40. The topological polar surface area (TPSA) is 180 Å². The molecule has 15 nitrogen and oxygen atoms in total. The fraction of sp³-hybridized carbons (Fsp3) is 0.385. The van der Waals surface area contributed by atoms with Gasteiger partial charge in [-0.3, -0.25) is 14.4 Å². The number of carboxylic acid groups (broad SMARTS) is 1. The van der Waals surface area contributed by atoms with Crippen molar-refractivity contribution in [3.63, 3.8) is 0 Å². The van der Waals surface area contributed by atoms with Crippen molar-refractivity contribution in [1.82, 2.24) is 15.0 Å². The quantitative estimate of drug-likeness (QED) is 0.0762. The Morgan fingerprint density at radius 3 is 2.13 bits per heavy atom. The van der Waals surface area contributed by atoms with Gasteiger partial charge in [-0.25, -0.2) is 9.37 Å². The Hall–Kier alpha value is -5.64. The zero-order valence-electron chi connectivity index (χ0n) is 31.2. The lowest BCUT2D eigenvalue weighted by Crippen LogP contribution is -2.32. The van der Waals surface area contributed by atoms with Gasteiger partial charge in [-0.2, -0.15) is 0 Å². The molecule has 2 aromatic carbocycles. The Morgan fingerprint density at radius 1 is 0.852 bits per heavy atom. The first-order chi connectivity index (χ1) is 25.9. The van der Waals surface area contributed by atoms with E-state index in [1.54, 1.807) is 12.1 Å². The van der Waals surface area contributed by atoms with Gasteiger partial charge in [-0.05, 0) is 23.8 Å². The van der Waals surface area contributed by atoms with Crippen LogP contribution in [0.4, 0.5) is 5.69 Å². The van der Waals surface area contributed by atoms with E-state index in [9.17, 15) is 29.1 Å². The Balaban J connectivity index is 0.000000244. The molecule has 2 heterocycles. The average molecular weight is 747 g/mol. The molecule has 1 aliphatic carbocycles. The van der Waals surface area contributed by atoms with Crippen molar-refractivity contribution < 1.29 is 52.5 Å². The minimum Gasteiger partial charge on any atom is -0.545 e. The molecule has 0 saturated carbocycles. The number of carbonyl (C=O) groups is 5. The van der Waals surface area contributed by atoms with Crippen LogP contribution in [0.1, 0.15) is 36.5 Å². The second kappa shape index (κ2) is 20.0. The van der Waals surface area contributed by atoms with Crippen molar-refractivity contribution in [2.24, 2.45) is 0 Å². The number of amides is 3. The van der Waals surface area contributed by atoms with E-state index in [1.807, 2.05) is 86.2 Å². The minimum absolute atomic E-state index is 0.0662. The minimum atomic E-state index is -1.20. The van der Waals surface area contributed by atoms with E-state index in [0.29, 0.717) is 61.5 Å². The molecule has 1 fully saturated rings. The molecular formula is C39H46N4O11. The van der Waals surface area contributed by atoms with Crippen LogP contribution in [0.2, 0.25) is 0 Å². The third-order valence-electron chi connectivity index (χ3n) is 8.15. The van der Waals surface area contributed by atoms with Gasteiger partial charge in [0.1, 0.15) is 25.4 Å². The normalized spacial score (nSPS) is 12.4. The highest BCUT2D eigenvalue weighted by molar-refractivity contribution is 6.07. The van der Waals surface area contributed by atoms with Gasteiger partial charge >= 0.3 is 5.97 Å². The summed E-state index contributed by atoms with van der Waals surface area (Å²) in [7, 11) is 7.88. The number of fused-ring (bicyclic) bond motifs is 2. The van der Waals surface area contributed by atoms with Gasteiger partial charge in [0, 0.05) is 80.3 Å². The maximum Gasteiger partial charge on any atom is 0.335 e. The SMILES string of the molecule is CC(=O)NCCOCCOCCOCCC(=O)ON1C(=O)CCC1=O.CN(C)c1ccc2c(-c3ccccc3C(=O)[O-])c3ccc(=[N+](C)C)cc-3oc2c1. The van der Waals surface area contributed by atoms with Crippen molar-refractivity contribution in [3.8, 4) is 22.5 Å². The Morgan fingerprint density at radius 2 is 1.50 bits per heavy atom. The molecule has 2 aliphatic heterocycles. The molecule has 2 aromatic rings. The predicted molar refractivity (Wildman–Crippen MR) is 197 cm³/mol. The average Bonchev–Trinajstić information content (AvgIpc) is 3.45. The number of aromatic carboxylic acids is 1. The van der Waals surface area contributed by atoms with Crippen molar-refractivity contribution in [3.05, 3.63) is 71.6 Å². The highest BCUT2D eigenvalue weighted by Crippen LogP contribution is 2.41. The first kappa shape index (κ1) is 41.1. The van der Waals surface area contributed by atoms with Crippen LogP contribution in [0.5, 0.6) is 0 Å².